The molecule has 2 heterocycles. The minimum Gasteiger partial charge on any atom is -0.370 e. The van der Waals surface area contributed by atoms with E-state index in [1.165, 1.54) is 5.56 Å². The number of anilines is 2. The van der Waals surface area contributed by atoms with Gasteiger partial charge in [-0.25, -0.2) is 9.97 Å². The highest BCUT2D eigenvalue weighted by Crippen LogP contribution is 2.13. The molecule has 20 heavy (non-hydrogen) atoms. The number of aryl methyl sites for hydroxylation is 1. The Hall–Kier alpha value is -1.62. The summed E-state index contributed by atoms with van der Waals surface area (Å²) in [6.45, 7) is 6.06. The third-order valence-corrected chi connectivity index (χ3v) is 3.68. The highest BCUT2D eigenvalue weighted by atomic mass is 32.1. The average Bonchev–Trinajstić information content (AvgIpc) is 2.98. The fourth-order valence-electron chi connectivity index (χ4n) is 1.86. The van der Waals surface area contributed by atoms with Crippen LogP contribution in [0.2, 0.25) is 0 Å². The number of rotatable bonds is 8. The fourth-order valence-corrected chi connectivity index (χ4v) is 2.56. The van der Waals surface area contributed by atoms with Crippen LogP contribution in [0.1, 0.15) is 31.7 Å². The summed E-state index contributed by atoms with van der Waals surface area (Å²) in [7, 11) is 0. The van der Waals surface area contributed by atoms with Crippen LogP contribution in [0.25, 0.3) is 0 Å². The van der Waals surface area contributed by atoms with Crippen LogP contribution in [0.3, 0.4) is 0 Å². The maximum absolute atomic E-state index is 4.52. The number of aromatic nitrogens is 2. The van der Waals surface area contributed by atoms with Crippen LogP contribution >= 0.6 is 11.3 Å². The molecule has 4 nitrogen and oxygen atoms in total. The van der Waals surface area contributed by atoms with E-state index in [1.54, 1.807) is 11.3 Å². The van der Waals surface area contributed by atoms with Crippen molar-refractivity contribution in [1.82, 2.24) is 9.97 Å². The van der Waals surface area contributed by atoms with Crippen molar-refractivity contribution in [1.29, 1.82) is 0 Å². The summed E-state index contributed by atoms with van der Waals surface area (Å²) in [6, 6.07) is 4.15. The van der Waals surface area contributed by atoms with Gasteiger partial charge in [0.1, 0.15) is 17.5 Å². The minimum absolute atomic E-state index is 0.848. The molecule has 0 aliphatic carbocycles. The van der Waals surface area contributed by atoms with Crippen LogP contribution in [0.15, 0.2) is 22.9 Å². The smallest absolute Gasteiger partial charge is 0.132 e. The first kappa shape index (κ1) is 14.8. The summed E-state index contributed by atoms with van der Waals surface area (Å²) in [5, 5.41) is 11.0. The first-order valence-corrected chi connectivity index (χ1v) is 8.13. The summed E-state index contributed by atoms with van der Waals surface area (Å²) in [4.78, 5) is 9.01. The molecule has 0 aliphatic rings. The molecule has 0 aromatic carbocycles. The van der Waals surface area contributed by atoms with Gasteiger partial charge in [-0.3, -0.25) is 0 Å². The van der Waals surface area contributed by atoms with Crippen LogP contribution in [0, 0.1) is 0 Å². The lowest BCUT2D eigenvalue weighted by Crippen LogP contribution is -2.10. The Morgan fingerprint density at radius 1 is 1.10 bits per heavy atom. The zero-order valence-electron chi connectivity index (χ0n) is 12.1. The summed E-state index contributed by atoms with van der Waals surface area (Å²) >= 11 is 1.74. The topological polar surface area (TPSA) is 49.8 Å². The molecular weight excluding hydrogens is 268 g/mol. The summed E-state index contributed by atoms with van der Waals surface area (Å²) in [5.41, 5.74) is 1.37. The van der Waals surface area contributed by atoms with E-state index in [1.807, 2.05) is 6.07 Å². The van der Waals surface area contributed by atoms with Gasteiger partial charge in [-0.1, -0.05) is 13.8 Å². The molecule has 2 rings (SSSR count). The van der Waals surface area contributed by atoms with E-state index in [4.69, 9.17) is 0 Å². The van der Waals surface area contributed by atoms with E-state index in [9.17, 15) is 0 Å². The van der Waals surface area contributed by atoms with Crippen LogP contribution in [0.4, 0.5) is 11.6 Å². The molecule has 0 radical (unpaired) electrons. The average molecular weight is 290 g/mol. The molecule has 108 valence electrons. The van der Waals surface area contributed by atoms with Gasteiger partial charge in [0, 0.05) is 25.6 Å². The maximum atomic E-state index is 4.52. The number of hydrogen-bond acceptors (Lipinski definition) is 5. The van der Waals surface area contributed by atoms with Crippen LogP contribution in [-0.2, 0) is 12.8 Å². The van der Waals surface area contributed by atoms with Gasteiger partial charge in [0.25, 0.3) is 0 Å². The van der Waals surface area contributed by atoms with Gasteiger partial charge in [-0.15, -0.1) is 0 Å². The molecule has 0 amide bonds. The molecule has 0 unspecified atom stereocenters. The lowest BCUT2D eigenvalue weighted by Gasteiger charge is -2.10. The number of thiophene rings is 1. The molecule has 0 bridgehead atoms. The van der Waals surface area contributed by atoms with Crippen molar-refractivity contribution in [2.45, 2.75) is 33.1 Å². The quantitative estimate of drug-likeness (QED) is 0.780. The number of hydrogen-bond donors (Lipinski definition) is 2. The minimum atomic E-state index is 0.848. The Bertz CT molecular complexity index is 511. The Morgan fingerprint density at radius 3 is 2.45 bits per heavy atom. The molecule has 2 N–H and O–H groups in total. The Kier molecular flexibility index (Phi) is 5.80. The van der Waals surface area contributed by atoms with Gasteiger partial charge in [0.15, 0.2) is 0 Å². The standard InChI is InChI=1S/C15H22N4S/c1-3-7-16-14-10-15(19-13(4-2)18-14)17-8-5-12-6-9-20-11-12/h6,9-11H,3-5,7-8H2,1-2H3,(H2,16,17,18,19). The molecule has 2 aromatic heterocycles. The molecule has 5 heteroatoms. The van der Waals surface area contributed by atoms with Crippen molar-refractivity contribution in [3.8, 4) is 0 Å². The third-order valence-electron chi connectivity index (χ3n) is 2.94. The largest absolute Gasteiger partial charge is 0.370 e. The number of nitrogens with zero attached hydrogens (tertiary/aromatic N) is 2. The van der Waals surface area contributed by atoms with Crippen LogP contribution in [-0.4, -0.2) is 23.1 Å². The van der Waals surface area contributed by atoms with E-state index < -0.39 is 0 Å². The van der Waals surface area contributed by atoms with Crippen LogP contribution < -0.4 is 10.6 Å². The SMILES string of the molecule is CCCNc1cc(NCCc2ccsc2)nc(CC)n1. The molecule has 0 aliphatic heterocycles. The van der Waals surface area contributed by atoms with E-state index >= 15 is 0 Å². The van der Waals surface area contributed by atoms with Crippen molar-refractivity contribution in [3.63, 3.8) is 0 Å². The lowest BCUT2D eigenvalue weighted by molar-refractivity contribution is 0.909. The molecule has 0 fully saturated rings. The van der Waals surface area contributed by atoms with Gasteiger partial charge in [-0.2, -0.15) is 11.3 Å². The summed E-state index contributed by atoms with van der Waals surface area (Å²) in [6.07, 6.45) is 2.96. The monoisotopic (exact) mass is 290 g/mol. The van der Waals surface area contributed by atoms with E-state index in [-0.39, 0.29) is 0 Å². The van der Waals surface area contributed by atoms with Gasteiger partial charge in [-0.05, 0) is 35.2 Å². The molecule has 0 atom stereocenters. The van der Waals surface area contributed by atoms with Crippen molar-refractivity contribution >= 4 is 23.0 Å². The Morgan fingerprint density at radius 2 is 1.85 bits per heavy atom. The molecule has 0 saturated heterocycles. The lowest BCUT2D eigenvalue weighted by atomic mass is 10.2. The molecule has 0 spiro atoms. The first-order valence-electron chi connectivity index (χ1n) is 7.18. The highest BCUT2D eigenvalue weighted by molar-refractivity contribution is 7.07. The second kappa shape index (κ2) is 7.85. The Labute approximate surface area is 124 Å². The molecular formula is C15H22N4S. The van der Waals surface area contributed by atoms with Gasteiger partial charge in [0.05, 0.1) is 0 Å². The first-order chi connectivity index (χ1) is 9.81. The fraction of sp³-hybridized carbons (Fsp3) is 0.467. The van der Waals surface area contributed by atoms with Gasteiger partial charge < -0.3 is 10.6 Å². The third kappa shape index (κ3) is 4.49. The van der Waals surface area contributed by atoms with E-state index in [2.05, 4.69) is 51.3 Å². The van der Waals surface area contributed by atoms with Crippen molar-refractivity contribution in [2.75, 3.05) is 23.7 Å². The van der Waals surface area contributed by atoms with Crippen molar-refractivity contribution < 1.29 is 0 Å². The normalized spacial score (nSPS) is 10.5. The molecule has 2 aromatic rings. The Balaban J connectivity index is 1.94. The van der Waals surface area contributed by atoms with Gasteiger partial charge in [0.2, 0.25) is 0 Å². The van der Waals surface area contributed by atoms with Crippen molar-refractivity contribution in [2.24, 2.45) is 0 Å². The zero-order valence-corrected chi connectivity index (χ0v) is 13.0. The van der Waals surface area contributed by atoms with Crippen molar-refractivity contribution in [3.05, 3.63) is 34.3 Å². The predicted octanol–water partition coefficient (Wildman–Crippen LogP) is 3.58. The second-order valence-electron chi connectivity index (χ2n) is 4.64. The number of nitrogens with one attached hydrogen (secondary N) is 2. The zero-order chi connectivity index (χ0) is 14.2. The maximum Gasteiger partial charge on any atom is 0.132 e. The summed E-state index contributed by atoms with van der Waals surface area (Å²) in [5.74, 6) is 2.70. The van der Waals surface area contributed by atoms with E-state index in [0.717, 1.165) is 49.8 Å². The van der Waals surface area contributed by atoms with Gasteiger partial charge >= 0.3 is 0 Å². The molecule has 0 saturated carbocycles. The second-order valence-corrected chi connectivity index (χ2v) is 5.42. The summed E-state index contributed by atoms with van der Waals surface area (Å²) < 4.78 is 0. The highest BCUT2D eigenvalue weighted by Gasteiger charge is 2.03. The van der Waals surface area contributed by atoms with E-state index in [0.29, 0.717) is 0 Å². The van der Waals surface area contributed by atoms with Crippen LogP contribution in [0.5, 0.6) is 0 Å². The predicted molar refractivity (Wildman–Crippen MR) is 86.7 cm³/mol.